The van der Waals surface area contributed by atoms with E-state index in [-0.39, 0.29) is 0 Å². The van der Waals surface area contributed by atoms with Crippen molar-refractivity contribution in [2.45, 2.75) is 53.4 Å². The van der Waals surface area contributed by atoms with Crippen molar-refractivity contribution < 1.29 is 0 Å². The fourth-order valence-electron chi connectivity index (χ4n) is 1.56. The second-order valence-electron chi connectivity index (χ2n) is 3.92. The Labute approximate surface area is 90.1 Å². The Balaban J connectivity index is 3.89. The van der Waals surface area contributed by atoms with E-state index in [2.05, 4.69) is 52.0 Å². The van der Waals surface area contributed by atoms with Gasteiger partial charge in [0.25, 0.3) is 0 Å². The zero-order chi connectivity index (χ0) is 10.8. The summed E-state index contributed by atoms with van der Waals surface area (Å²) < 4.78 is 0. The first-order chi connectivity index (χ1) is 6.78. The predicted molar refractivity (Wildman–Crippen MR) is 66.4 cm³/mol. The maximum Gasteiger partial charge on any atom is -0.0236 e. The van der Waals surface area contributed by atoms with Crippen LogP contribution in [0.5, 0.6) is 0 Å². The molecular weight excluding hydrogens is 168 g/mol. The second kappa shape index (κ2) is 9.05. The molecule has 0 rings (SSSR count). The van der Waals surface area contributed by atoms with E-state index < -0.39 is 0 Å². The van der Waals surface area contributed by atoms with Gasteiger partial charge in [0.1, 0.15) is 0 Å². The van der Waals surface area contributed by atoms with Crippen LogP contribution in [0.25, 0.3) is 0 Å². The van der Waals surface area contributed by atoms with E-state index in [0.29, 0.717) is 0 Å². The first-order valence-corrected chi connectivity index (χ1v) is 6.13. The van der Waals surface area contributed by atoms with Gasteiger partial charge in [0.15, 0.2) is 0 Å². The van der Waals surface area contributed by atoms with Gasteiger partial charge in [-0.3, -0.25) is 0 Å². The van der Waals surface area contributed by atoms with Crippen molar-refractivity contribution in [1.82, 2.24) is 0 Å². The summed E-state index contributed by atoms with van der Waals surface area (Å²) in [5.41, 5.74) is 0. The van der Waals surface area contributed by atoms with Crippen molar-refractivity contribution in [2.75, 3.05) is 0 Å². The molecule has 0 heteroatoms. The summed E-state index contributed by atoms with van der Waals surface area (Å²) in [5.74, 6) is 1.53. The summed E-state index contributed by atoms with van der Waals surface area (Å²) in [6.07, 6.45) is 14.1. The van der Waals surface area contributed by atoms with E-state index in [1.165, 1.54) is 25.7 Å². The third-order valence-electron chi connectivity index (χ3n) is 2.98. The third-order valence-corrected chi connectivity index (χ3v) is 2.98. The van der Waals surface area contributed by atoms with Gasteiger partial charge in [0, 0.05) is 0 Å². The normalized spacial score (nSPS) is 12.7. The number of rotatable bonds is 7. The van der Waals surface area contributed by atoms with Crippen molar-refractivity contribution in [3.8, 4) is 0 Å². The molecule has 0 spiro atoms. The molecule has 0 aromatic rings. The summed E-state index contributed by atoms with van der Waals surface area (Å²) in [4.78, 5) is 0. The van der Waals surface area contributed by atoms with E-state index in [1.807, 2.05) is 0 Å². The van der Waals surface area contributed by atoms with E-state index in [0.717, 1.165) is 11.8 Å². The lowest BCUT2D eigenvalue weighted by molar-refractivity contribution is 0.603. The van der Waals surface area contributed by atoms with Crippen LogP contribution in [0.3, 0.4) is 0 Å². The summed E-state index contributed by atoms with van der Waals surface area (Å²) in [7, 11) is 0. The first kappa shape index (κ1) is 13.5. The minimum atomic E-state index is 0.765. The summed E-state index contributed by atoms with van der Waals surface area (Å²) in [5, 5.41) is 0. The van der Waals surface area contributed by atoms with Crippen LogP contribution in [-0.4, -0.2) is 0 Å². The molecule has 0 aromatic heterocycles. The molecule has 0 aromatic carbocycles. The van der Waals surface area contributed by atoms with Crippen LogP contribution >= 0.6 is 0 Å². The monoisotopic (exact) mass is 194 g/mol. The Morgan fingerprint density at radius 3 is 1.14 bits per heavy atom. The molecule has 14 heavy (non-hydrogen) atoms. The zero-order valence-corrected chi connectivity index (χ0v) is 10.3. The van der Waals surface area contributed by atoms with Crippen LogP contribution in [0.2, 0.25) is 0 Å². The predicted octanol–water partition coefficient (Wildman–Crippen LogP) is 4.97. The lowest BCUT2D eigenvalue weighted by Gasteiger charge is -2.05. The van der Waals surface area contributed by atoms with Crippen LogP contribution in [-0.2, 0) is 0 Å². The van der Waals surface area contributed by atoms with E-state index in [9.17, 15) is 0 Å². The number of hydrogen-bond acceptors (Lipinski definition) is 0. The molecular formula is C14H26. The molecule has 0 radical (unpaired) electrons. The fourth-order valence-corrected chi connectivity index (χ4v) is 1.56. The average molecular weight is 194 g/mol. The van der Waals surface area contributed by atoms with E-state index >= 15 is 0 Å². The molecule has 0 nitrogen and oxygen atoms in total. The van der Waals surface area contributed by atoms with Crippen molar-refractivity contribution >= 4 is 0 Å². The second-order valence-corrected chi connectivity index (χ2v) is 3.92. The van der Waals surface area contributed by atoms with Crippen molar-refractivity contribution in [3.05, 3.63) is 24.3 Å². The molecule has 0 aliphatic carbocycles. The average Bonchev–Trinajstić information content (AvgIpc) is 2.24. The fraction of sp³-hybridized carbons (Fsp3) is 0.714. The van der Waals surface area contributed by atoms with Gasteiger partial charge in [-0.2, -0.15) is 0 Å². The lowest BCUT2D eigenvalue weighted by Crippen LogP contribution is -1.91. The molecule has 82 valence electrons. The topological polar surface area (TPSA) is 0 Å². The van der Waals surface area contributed by atoms with Crippen molar-refractivity contribution in [2.24, 2.45) is 11.8 Å². The van der Waals surface area contributed by atoms with E-state index in [4.69, 9.17) is 0 Å². The minimum Gasteiger partial charge on any atom is -0.0815 e. The highest BCUT2D eigenvalue weighted by molar-refractivity contribution is 5.05. The summed E-state index contributed by atoms with van der Waals surface area (Å²) in [6, 6.07) is 0. The summed E-state index contributed by atoms with van der Waals surface area (Å²) >= 11 is 0. The Morgan fingerprint density at radius 2 is 0.929 bits per heavy atom. The van der Waals surface area contributed by atoms with Gasteiger partial charge in [-0.25, -0.2) is 0 Å². The van der Waals surface area contributed by atoms with E-state index in [1.54, 1.807) is 0 Å². The molecule has 0 amide bonds. The van der Waals surface area contributed by atoms with Gasteiger partial charge in [-0.05, 0) is 37.5 Å². The molecule has 0 N–H and O–H groups in total. The molecule has 0 aliphatic heterocycles. The smallest absolute Gasteiger partial charge is 0.0236 e. The molecule has 0 fully saturated rings. The van der Waals surface area contributed by atoms with Crippen LogP contribution in [0.15, 0.2) is 24.3 Å². The number of hydrogen-bond donors (Lipinski definition) is 0. The highest BCUT2D eigenvalue weighted by Gasteiger charge is 1.96. The van der Waals surface area contributed by atoms with Crippen LogP contribution in [0.1, 0.15) is 53.4 Å². The van der Waals surface area contributed by atoms with Crippen molar-refractivity contribution in [3.63, 3.8) is 0 Å². The Kier molecular flexibility index (Phi) is 8.72. The quantitative estimate of drug-likeness (QED) is 0.502. The summed E-state index contributed by atoms with van der Waals surface area (Å²) in [6.45, 7) is 9.01. The maximum absolute atomic E-state index is 2.33. The molecule has 0 atom stereocenters. The molecule has 0 saturated carbocycles. The molecule has 0 aliphatic rings. The van der Waals surface area contributed by atoms with Gasteiger partial charge in [0.05, 0.1) is 0 Å². The molecule has 0 saturated heterocycles. The maximum atomic E-state index is 2.33. The zero-order valence-electron chi connectivity index (χ0n) is 10.3. The lowest BCUT2D eigenvalue weighted by atomic mass is 10.0. The van der Waals surface area contributed by atoms with Gasteiger partial charge in [0.2, 0.25) is 0 Å². The Morgan fingerprint density at radius 1 is 0.643 bits per heavy atom. The van der Waals surface area contributed by atoms with Gasteiger partial charge in [-0.1, -0.05) is 52.0 Å². The third kappa shape index (κ3) is 6.01. The minimum absolute atomic E-state index is 0.765. The largest absolute Gasteiger partial charge is 0.0815 e. The molecule has 0 heterocycles. The van der Waals surface area contributed by atoms with Gasteiger partial charge in [-0.15, -0.1) is 0 Å². The first-order valence-electron chi connectivity index (χ1n) is 6.13. The molecule has 0 unspecified atom stereocenters. The van der Waals surface area contributed by atoms with Crippen LogP contribution < -0.4 is 0 Å². The van der Waals surface area contributed by atoms with Crippen molar-refractivity contribution in [1.29, 1.82) is 0 Å². The Bertz CT molecular complexity index is 137. The Hall–Kier alpha value is -0.520. The standard InChI is InChI=1S/C14H26/c1-5-13(6-2)11-9-10-12-14(7-3)8-4/h9-14H,5-8H2,1-4H3/b11-9-,12-10-. The highest BCUT2D eigenvalue weighted by Crippen LogP contribution is 2.11. The van der Waals surface area contributed by atoms with Gasteiger partial charge >= 0.3 is 0 Å². The SMILES string of the molecule is CCC(/C=C\C=C/C(CC)CC)CC. The van der Waals surface area contributed by atoms with Crippen LogP contribution in [0.4, 0.5) is 0 Å². The van der Waals surface area contributed by atoms with Crippen LogP contribution in [0, 0.1) is 11.8 Å². The van der Waals surface area contributed by atoms with Gasteiger partial charge < -0.3 is 0 Å². The highest BCUT2D eigenvalue weighted by atomic mass is 14.0. The molecule has 0 bridgehead atoms. The number of allylic oxidation sites excluding steroid dienone is 4.